The van der Waals surface area contributed by atoms with Gasteiger partial charge in [-0.25, -0.2) is 0 Å². The molecule has 0 spiro atoms. The summed E-state index contributed by atoms with van der Waals surface area (Å²) in [6.45, 7) is 4.36. The SMILES string of the molecule is CC1CNCCN1C(C(=O)O)c1ccco1. The van der Waals surface area contributed by atoms with Gasteiger partial charge in [-0.05, 0) is 19.1 Å². The van der Waals surface area contributed by atoms with Crippen molar-refractivity contribution in [2.45, 2.75) is 19.0 Å². The van der Waals surface area contributed by atoms with Gasteiger partial charge >= 0.3 is 5.97 Å². The first-order chi connectivity index (χ1) is 7.70. The summed E-state index contributed by atoms with van der Waals surface area (Å²) in [6.07, 6.45) is 1.51. The fraction of sp³-hybridized carbons (Fsp3) is 0.545. The van der Waals surface area contributed by atoms with E-state index in [-0.39, 0.29) is 6.04 Å². The second-order valence-electron chi connectivity index (χ2n) is 4.05. The molecule has 0 radical (unpaired) electrons. The molecule has 16 heavy (non-hydrogen) atoms. The van der Waals surface area contributed by atoms with Crippen molar-refractivity contribution in [2.75, 3.05) is 19.6 Å². The standard InChI is InChI=1S/C11H16N2O3/c1-8-7-12-4-5-13(8)10(11(14)15)9-3-2-6-16-9/h2-3,6,8,10,12H,4-5,7H2,1H3,(H,14,15). The lowest BCUT2D eigenvalue weighted by atomic mass is 10.1. The van der Waals surface area contributed by atoms with E-state index < -0.39 is 12.0 Å². The average molecular weight is 224 g/mol. The number of carboxylic acid groups (broad SMARTS) is 1. The van der Waals surface area contributed by atoms with Crippen LogP contribution in [0.25, 0.3) is 0 Å². The maximum Gasteiger partial charge on any atom is 0.328 e. The van der Waals surface area contributed by atoms with Crippen LogP contribution in [-0.4, -0.2) is 41.7 Å². The van der Waals surface area contributed by atoms with Gasteiger partial charge in [0.05, 0.1) is 6.26 Å². The summed E-state index contributed by atoms with van der Waals surface area (Å²) in [7, 11) is 0. The van der Waals surface area contributed by atoms with E-state index in [0.29, 0.717) is 5.76 Å². The van der Waals surface area contributed by atoms with Crippen molar-refractivity contribution in [1.29, 1.82) is 0 Å². The van der Waals surface area contributed by atoms with Crippen molar-refractivity contribution >= 4 is 5.97 Å². The second-order valence-corrected chi connectivity index (χ2v) is 4.05. The Hall–Kier alpha value is -1.33. The normalized spacial score (nSPS) is 24.2. The van der Waals surface area contributed by atoms with Gasteiger partial charge in [-0.2, -0.15) is 0 Å². The molecule has 0 bridgehead atoms. The Labute approximate surface area is 94.0 Å². The van der Waals surface area contributed by atoms with Crippen molar-refractivity contribution in [1.82, 2.24) is 10.2 Å². The van der Waals surface area contributed by atoms with Crippen LogP contribution in [0.2, 0.25) is 0 Å². The molecule has 1 aromatic heterocycles. The summed E-state index contributed by atoms with van der Waals surface area (Å²) >= 11 is 0. The zero-order chi connectivity index (χ0) is 11.5. The topological polar surface area (TPSA) is 65.7 Å². The number of piperazine rings is 1. The number of carbonyl (C=O) groups is 1. The van der Waals surface area contributed by atoms with Crippen LogP contribution >= 0.6 is 0 Å². The van der Waals surface area contributed by atoms with Gasteiger partial charge in [0.15, 0.2) is 6.04 Å². The number of carboxylic acids is 1. The second kappa shape index (κ2) is 4.67. The number of rotatable bonds is 3. The van der Waals surface area contributed by atoms with Gasteiger partial charge in [0.1, 0.15) is 5.76 Å². The van der Waals surface area contributed by atoms with Crippen LogP contribution in [-0.2, 0) is 4.79 Å². The molecule has 0 aromatic carbocycles. The maximum absolute atomic E-state index is 11.3. The monoisotopic (exact) mass is 224 g/mol. The third kappa shape index (κ3) is 2.10. The molecular formula is C11H16N2O3. The van der Waals surface area contributed by atoms with E-state index in [1.54, 1.807) is 12.1 Å². The Kier molecular flexibility index (Phi) is 3.26. The maximum atomic E-state index is 11.3. The quantitative estimate of drug-likeness (QED) is 0.791. The van der Waals surface area contributed by atoms with E-state index >= 15 is 0 Å². The van der Waals surface area contributed by atoms with Crippen LogP contribution in [0.5, 0.6) is 0 Å². The minimum atomic E-state index is -0.858. The van der Waals surface area contributed by atoms with E-state index in [9.17, 15) is 9.90 Å². The third-order valence-corrected chi connectivity index (χ3v) is 2.93. The largest absolute Gasteiger partial charge is 0.480 e. The van der Waals surface area contributed by atoms with Crippen molar-refractivity contribution in [3.05, 3.63) is 24.2 Å². The minimum absolute atomic E-state index is 0.194. The highest BCUT2D eigenvalue weighted by Crippen LogP contribution is 2.24. The molecule has 1 fully saturated rings. The van der Waals surface area contributed by atoms with Crippen LogP contribution in [0.15, 0.2) is 22.8 Å². The molecule has 2 rings (SSSR count). The summed E-state index contributed by atoms with van der Waals surface area (Å²) < 4.78 is 5.22. The van der Waals surface area contributed by atoms with Gasteiger partial charge in [0.25, 0.3) is 0 Å². The summed E-state index contributed by atoms with van der Waals surface area (Å²) in [4.78, 5) is 13.3. The van der Waals surface area contributed by atoms with Crippen molar-refractivity contribution < 1.29 is 14.3 Å². The highest BCUT2D eigenvalue weighted by Gasteiger charge is 2.34. The predicted octanol–water partition coefficient (Wildman–Crippen LogP) is 0.699. The number of aliphatic carboxylic acids is 1. The van der Waals surface area contributed by atoms with Gasteiger partial charge in [0, 0.05) is 25.7 Å². The molecule has 1 aliphatic heterocycles. The van der Waals surface area contributed by atoms with Crippen molar-refractivity contribution in [3.8, 4) is 0 Å². The highest BCUT2D eigenvalue weighted by molar-refractivity contribution is 5.74. The molecule has 1 aliphatic rings. The fourth-order valence-corrected chi connectivity index (χ4v) is 2.11. The van der Waals surface area contributed by atoms with Gasteiger partial charge < -0.3 is 14.8 Å². The first-order valence-corrected chi connectivity index (χ1v) is 5.43. The lowest BCUT2D eigenvalue weighted by molar-refractivity contribution is -0.145. The Morgan fingerprint density at radius 2 is 2.56 bits per heavy atom. The van der Waals surface area contributed by atoms with Gasteiger partial charge in [-0.3, -0.25) is 9.69 Å². The number of nitrogens with zero attached hydrogens (tertiary/aromatic N) is 1. The minimum Gasteiger partial charge on any atom is -0.480 e. The fourth-order valence-electron chi connectivity index (χ4n) is 2.11. The summed E-state index contributed by atoms with van der Waals surface area (Å²) in [5, 5.41) is 12.5. The van der Waals surface area contributed by atoms with E-state index in [0.717, 1.165) is 19.6 Å². The zero-order valence-electron chi connectivity index (χ0n) is 9.22. The van der Waals surface area contributed by atoms with Crippen LogP contribution in [0.3, 0.4) is 0 Å². The van der Waals surface area contributed by atoms with Crippen LogP contribution < -0.4 is 5.32 Å². The van der Waals surface area contributed by atoms with Gasteiger partial charge in [-0.15, -0.1) is 0 Å². The lowest BCUT2D eigenvalue weighted by Crippen LogP contribution is -2.52. The molecule has 5 heteroatoms. The Morgan fingerprint density at radius 1 is 1.75 bits per heavy atom. The molecule has 2 unspecified atom stereocenters. The number of nitrogens with one attached hydrogen (secondary N) is 1. The summed E-state index contributed by atoms with van der Waals surface area (Å²) in [5.41, 5.74) is 0. The molecular weight excluding hydrogens is 208 g/mol. The van der Waals surface area contributed by atoms with E-state index in [4.69, 9.17) is 4.42 Å². The van der Waals surface area contributed by atoms with E-state index in [2.05, 4.69) is 5.32 Å². The number of hydrogen-bond acceptors (Lipinski definition) is 4. The van der Waals surface area contributed by atoms with Crippen LogP contribution in [0.4, 0.5) is 0 Å². The molecule has 2 heterocycles. The third-order valence-electron chi connectivity index (χ3n) is 2.93. The first-order valence-electron chi connectivity index (χ1n) is 5.43. The molecule has 1 saturated heterocycles. The molecule has 2 N–H and O–H groups in total. The van der Waals surface area contributed by atoms with E-state index in [1.807, 2.05) is 11.8 Å². The molecule has 0 amide bonds. The number of hydrogen-bond donors (Lipinski definition) is 2. The van der Waals surface area contributed by atoms with Crippen LogP contribution in [0.1, 0.15) is 18.7 Å². The lowest BCUT2D eigenvalue weighted by Gasteiger charge is -2.36. The number of furan rings is 1. The van der Waals surface area contributed by atoms with Gasteiger partial charge in [-0.1, -0.05) is 0 Å². The Balaban J connectivity index is 2.22. The molecule has 88 valence electrons. The summed E-state index contributed by atoms with van der Waals surface area (Å²) in [6, 6.07) is 2.96. The average Bonchev–Trinajstić information content (AvgIpc) is 2.74. The first kappa shape index (κ1) is 11.2. The molecule has 2 atom stereocenters. The van der Waals surface area contributed by atoms with Crippen molar-refractivity contribution in [2.24, 2.45) is 0 Å². The van der Waals surface area contributed by atoms with E-state index in [1.165, 1.54) is 6.26 Å². The molecule has 0 saturated carbocycles. The molecule has 1 aromatic rings. The van der Waals surface area contributed by atoms with Crippen molar-refractivity contribution in [3.63, 3.8) is 0 Å². The smallest absolute Gasteiger partial charge is 0.328 e. The Morgan fingerprint density at radius 3 is 3.12 bits per heavy atom. The molecule has 0 aliphatic carbocycles. The van der Waals surface area contributed by atoms with Crippen LogP contribution in [0, 0.1) is 0 Å². The zero-order valence-corrected chi connectivity index (χ0v) is 9.22. The highest BCUT2D eigenvalue weighted by atomic mass is 16.4. The summed E-state index contributed by atoms with van der Waals surface area (Å²) in [5.74, 6) is -0.357. The predicted molar refractivity (Wildman–Crippen MR) is 58.1 cm³/mol. The molecule has 5 nitrogen and oxygen atoms in total. The Bertz CT molecular complexity index is 350. The van der Waals surface area contributed by atoms with Gasteiger partial charge in [0.2, 0.25) is 0 Å².